The fraction of sp³-hybridized carbons (Fsp3) is 0.857. The predicted octanol–water partition coefficient (Wildman–Crippen LogP) is 0.983. The molecule has 0 N–H and O–H groups in total. The van der Waals surface area contributed by atoms with Gasteiger partial charge in [-0.05, 0) is 0 Å². The van der Waals surface area contributed by atoms with Gasteiger partial charge < -0.3 is 0 Å². The van der Waals surface area contributed by atoms with E-state index in [1.165, 1.54) is 18.4 Å². The van der Waals surface area contributed by atoms with Crippen molar-refractivity contribution in [2.24, 2.45) is 0 Å². The van der Waals surface area contributed by atoms with Gasteiger partial charge in [0.2, 0.25) is 0 Å². The van der Waals surface area contributed by atoms with Crippen LogP contribution in [0.3, 0.4) is 0 Å². The second-order valence-corrected chi connectivity index (χ2v) is 2.78. The van der Waals surface area contributed by atoms with Gasteiger partial charge in [0.15, 0.2) is 0 Å². The Morgan fingerprint density at radius 2 is 2.33 bits per heavy atom. The molecule has 0 spiro atoms. The van der Waals surface area contributed by atoms with Crippen molar-refractivity contribution in [1.29, 1.82) is 0 Å². The summed E-state index contributed by atoms with van der Waals surface area (Å²) >= 11 is 0. The minimum atomic E-state index is 0.760. The van der Waals surface area contributed by atoms with E-state index in [-0.39, 0.29) is 0 Å². The summed E-state index contributed by atoms with van der Waals surface area (Å²) in [5.41, 5.74) is 1.50. The zero-order valence-corrected chi connectivity index (χ0v) is 6.52. The number of hydrogen-bond acceptors (Lipinski definition) is 1. The molecule has 1 aliphatic heterocycles. The molecule has 0 bridgehead atoms. The van der Waals surface area contributed by atoms with Crippen molar-refractivity contribution in [1.82, 2.24) is 4.90 Å². The summed E-state index contributed by atoms with van der Waals surface area (Å²) in [6.07, 6.45) is 2.60. The molecule has 50 valence electrons. The zero-order valence-electron chi connectivity index (χ0n) is 6.52. The second-order valence-electron chi connectivity index (χ2n) is 2.78. The van der Waals surface area contributed by atoms with Crippen LogP contribution in [0.5, 0.6) is 0 Å². The quantitative estimate of drug-likeness (QED) is 0.434. The van der Waals surface area contributed by atoms with Gasteiger partial charge in [-0.15, -0.1) is 0 Å². The van der Waals surface area contributed by atoms with Crippen LogP contribution in [0.25, 0.3) is 0 Å². The standard InChI is InChI=1S/C7H14BN/c1-6-4-5-7(8-2)9(6)3/h6H,4-5H2,1-3H3. The monoisotopic (exact) mass is 123 g/mol. The third kappa shape index (κ3) is 1.17. The fourth-order valence-corrected chi connectivity index (χ4v) is 1.36. The molecule has 0 amide bonds. The van der Waals surface area contributed by atoms with Gasteiger partial charge in [-0.25, -0.2) is 0 Å². The van der Waals surface area contributed by atoms with Gasteiger partial charge >= 0.3 is 57.1 Å². The Labute approximate surface area is 58.0 Å². The number of rotatable bonds is 0. The normalized spacial score (nSPS) is 31.2. The van der Waals surface area contributed by atoms with Gasteiger partial charge in [0.05, 0.1) is 0 Å². The molecular weight excluding hydrogens is 109 g/mol. The summed E-state index contributed by atoms with van der Waals surface area (Å²) in [5, 5.41) is 0. The third-order valence-corrected chi connectivity index (χ3v) is 2.27. The molecule has 1 saturated heterocycles. The molecule has 9 heavy (non-hydrogen) atoms. The van der Waals surface area contributed by atoms with E-state index in [9.17, 15) is 0 Å². The van der Waals surface area contributed by atoms with Gasteiger partial charge in [0.25, 0.3) is 0 Å². The van der Waals surface area contributed by atoms with Gasteiger partial charge in [-0.2, -0.15) is 0 Å². The molecular formula is C7H14BN. The van der Waals surface area contributed by atoms with Crippen LogP contribution in [-0.2, 0) is 0 Å². The van der Waals surface area contributed by atoms with Gasteiger partial charge in [0.1, 0.15) is 0 Å². The third-order valence-electron chi connectivity index (χ3n) is 2.27. The number of likely N-dealkylation sites (tertiary alicyclic amines) is 1. The first-order chi connectivity index (χ1) is 4.25. The van der Waals surface area contributed by atoms with Gasteiger partial charge in [-0.3, -0.25) is 0 Å². The SMILES string of the molecule is CB=C1CCC(C)N1C. The Balaban J connectivity index is 2.62. The summed E-state index contributed by atoms with van der Waals surface area (Å²) in [6, 6.07) is 0.760. The summed E-state index contributed by atoms with van der Waals surface area (Å²) in [6.45, 7) is 6.60. The van der Waals surface area contributed by atoms with Crippen molar-refractivity contribution in [3.05, 3.63) is 0 Å². The van der Waals surface area contributed by atoms with Gasteiger partial charge in [-0.1, -0.05) is 0 Å². The molecule has 1 fully saturated rings. The molecule has 0 aliphatic carbocycles. The van der Waals surface area contributed by atoms with Crippen molar-refractivity contribution >= 4 is 12.5 Å². The van der Waals surface area contributed by atoms with Crippen molar-refractivity contribution < 1.29 is 0 Å². The topological polar surface area (TPSA) is 3.24 Å². The van der Waals surface area contributed by atoms with E-state index >= 15 is 0 Å². The Hall–Kier alpha value is -0.265. The maximum absolute atomic E-state index is 2.36. The van der Waals surface area contributed by atoms with Crippen LogP contribution in [-0.4, -0.2) is 30.5 Å². The Morgan fingerprint density at radius 1 is 1.67 bits per heavy atom. The molecule has 1 atom stereocenters. The molecule has 1 nitrogen and oxygen atoms in total. The van der Waals surface area contributed by atoms with Crippen LogP contribution in [0.4, 0.5) is 0 Å². The van der Waals surface area contributed by atoms with E-state index in [1.807, 2.05) is 0 Å². The molecule has 0 aromatic heterocycles. The van der Waals surface area contributed by atoms with Crippen molar-refractivity contribution in [2.75, 3.05) is 7.05 Å². The van der Waals surface area contributed by atoms with Crippen molar-refractivity contribution in [3.8, 4) is 0 Å². The van der Waals surface area contributed by atoms with Gasteiger partial charge in [0, 0.05) is 0 Å². The molecule has 2 heteroatoms. The van der Waals surface area contributed by atoms with Crippen LogP contribution in [0, 0.1) is 0 Å². The van der Waals surface area contributed by atoms with Crippen molar-refractivity contribution in [2.45, 2.75) is 32.6 Å². The van der Waals surface area contributed by atoms with Crippen molar-refractivity contribution in [3.63, 3.8) is 0 Å². The maximum atomic E-state index is 2.36. The van der Waals surface area contributed by atoms with Crippen LogP contribution in [0.2, 0.25) is 6.82 Å². The number of nitrogens with zero attached hydrogens (tertiary/aromatic N) is 1. The molecule has 0 saturated carbocycles. The van der Waals surface area contributed by atoms with E-state index in [2.05, 4.69) is 32.6 Å². The van der Waals surface area contributed by atoms with E-state index in [4.69, 9.17) is 0 Å². The van der Waals surface area contributed by atoms with Crippen LogP contribution < -0.4 is 0 Å². The first-order valence-electron chi connectivity index (χ1n) is 3.63. The Morgan fingerprint density at radius 3 is 2.56 bits per heavy atom. The van der Waals surface area contributed by atoms with Crippen LogP contribution >= 0.6 is 0 Å². The first kappa shape index (κ1) is 6.85. The molecule has 0 aromatic rings. The molecule has 0 aromatic carbocycles. The minimum absolute atomic E-state index is 0.760. The van der Waals surface area contributed by atoms with E-state index in [1.54, 1.807) is 0 Å². The Kier molecular flexibility index (Phi) is 1.94. The second kappa shape index (κ2) is 2.55. The summed E-state index contributed by atoms with van der Waals surface area (Å²) in [5.74, 6) is 0. The fourth-order valence-electron chi connectivity index (χ4n) is 1.36. The molecule has 0 radical (unpaired) electrons. The number of hydrogen-bond donors (Lipinski definition) is 0. The summed E-state index contributed by atoms with van der Waals surface area (Å²) in [4.78, 5) is 2.36. The Bertz CT molecular complexity index is 131. The molecule has 1 unspecified atom stereocenters. The molecule has 1 rings (SSSR count). The average Bonchev–Trinajstić information content (AvgIpc) is 2.15. The van der Waals surface area contributed by atoms with E-state index in [0.29, 0.717) is 0 Å². The summed E-state index contributed by atoms with van der Waals surface area (Å²) < 4.78 is 0. The molecule has 1 aliphatic rings. The summed E-state index contributed by atoms with van der Waals surface area (Å²) in [7, 11) is 2.17. The molecule has 1 heterocycles. The van der Waals surface area contributed by atoms with Crippen LogP contribution in [0.15, 0.2) is 0 Å². The van der Waals surface area contributed by atoms with E-state index in [0.717, 1.165) is 6.04 Å². The van der Waals surface area contributed by atoms with E-state index < -0.39 is 0 Å². The first-order valence-corrected chi connectivity index (χ1v) is 3.63. The van der Waals surface area contributed by atoms with Crippen LogP contribution in [0.1, 0.15) is 19.8 Å². The predicted molar refractivity (Wildman–Crippen MR) is 43.1 cm³/mol. The average molecular weight is 123 g/mol. The zero-order chi connectivity index (χ0) is 6.85.